The largest absolute Gasteiger partial charge is 0.378 e. The van der Waals surface area contributed by atoms with Gasteiger partial charge in [0.15, 0.2) is 0 Å². The van der Waals surface area contributed by atoms with E-state index in [4.69, 9.17) is 4.74 Å². The van der Waals surface area contributed by atoms with Crippen molar-refractivity contribution in [3.05, 3.63) is 0 Å². The van der Waals surface area contributed by atoms with Crippen LogP contribution in [0.3, 0.4) is 0 Å². The normalized spacial score (nSPS) is 21.5. The molecule has 1 heterocycles. The molecule has 0 aromatic rings. The fourth-order valence-electron chi connectivity index (χ4n) is 1.81. The second-order valence-corrected chi connectivity index (χ2v) is 4.88. The van der Waals surface area contributed by atoms with E-state index in [2.05, 4.69) is 10.6 Å². The molecule has 2 N–H and O–H groups in total. The molecule has 0 bridgehead atoms. The first-order valence-electron chi connectivity index (χ1n) is 6.56. The van der Waals surface area contributed by atoms with E-state index in [0.717, 1.165) is 12.8 Å². The molecule has 6 nitrogen and oxygen atoms in total. The predicted molar refractivity (Wildman–Crippen MR) is 66.0 cm³/mol. The van der Waals surface area contributed by atoms with Crippen molar-refractivity contribution in [3.63, 3.8) is 0 Å². The topological polar surface area (TPSA) is 70.7 Å². The quantitative estimate of drug-likeness (QED) is 0.668. The third-order valence-electron chi connectivity index (χ3n) is 3.24. The van der Waals surface area contributed by atoms with Crippen LogP contribution in [0.4, 0.5) is 0 Å². The summed E-state index contributed by atoms with van der Waals surface area (Å²) in [6.45, 7) is 4.48. The number of rotatable bonds is 5. The molecule has 1 saturated heterocycles. The standard InChI is InChI=1S/C12H21N3O3/c1-9(12(17)14-10-2-3-10)13-8-11(16)15-4-6-18-7-5-15/h9-10,13H,2-8H2,1H3,(H,14,17). The molecule has 0 radical (unpaired) electrons. The van der Waals surface area contributed by atoms with Crippen LogP contribution in [0.1, 0.15) is 19.8 Å². The van der Waals surface area contributed by atoms with Crippen molar-refractivity contribution >= 4 is 11.8 Å². The Hall–Kier alpha value is -1.14. The summed E-state index contributed by atoms with van der Waals surface area (Å²) in [6.07, 6.45) is 2.15. The van der Waals surface area contributed by atoms with Gasteiger partial charge in [-0.05, 0) is 19.8 Å². The Morgan fingerprint density at radius 3 is 2.61 bits per heavy atom. The molecule has 2 amide bonds. The van der Waals surface area contributed by atoms with Crippen molar-refractivity contribution in [1.82, 2.24) is 15.5 Å². The Morgan fingerprint density at radius 1 is 1.33 bits per heavy atom. The highest BCUT2D eigenvalue weighted by atomic mass is 16.5. The molecule has 2 rings (SSSR count). The Kier molecular flexibility index (Phi) is 4.54. The second-order valence-electron chi connectivity index (χ2n) is 4.88. The van der Waals surface area contributed by atoms with E-state index in [9.17, 15) is 9.59 Å². The van der Waals surface area contributed by atoms with Gasteiger partial charge in [0.25, 0.3) is 0 Å². The zero-order valence-electron chi connectivity index (χ0n) is 10.8. The SMILES string of the molecule is CC(NCC(=O)N1CCOCC1)C(=O)NC1CC1. The molecule has 18 heavy (non-hydrogen) atoms. The van der Waals surface area contributed by atoms with Gasteiger partial charge in [0.05, 0.1) is 25.8 Å². The Balaban J connectivity index is 1.65. The fraction of sp³-hybridized carbons (Fsp3) is 0.833. The highest BCUT2D eigenvalue weighted by Crippen LogP contribution is 2.18. The van der Waals surface area contributed by atoms with E-state index in [-0.39, 0.29) is 24.4 Å². The Labute approximate surface area is 107 Å². The van der Waals surface area contributed by atoms with Gasteiger partial charge in [-0.3, -0.25) is 14.9 Å². The van der Waals surface area contributed by atoms with Gasteiger partial charge in [0.1, 0.15) is 0 Å². The fourth-order valence-corrected chi connectivity index (χ4v) is 1.81. The molecular formula is C12H21N3O3. The van der Waals surface area contributed by atoms with Crippen LogP contribution in [0, 0.1) is 0 Å². The lowest BCUT2D eigenvalue weighted by Gasteiger charge is -2.27. The van der Waals surface area contributed by atoms with Crippen LogP contribution in [0.5, 0.6) is 0 Å². The maximum absolute atomic E-state index is 11.8. The van der Waals surface area contributed by atoms with Crippen LogP contribution >= 0.6 is 0 Å². The summed E-state index contributed by atoms with van der Waals surface area (Å²) in [7, 11) is 0. The number of carbonyl (C=O) groups is 2. The minimum absolute atomic E-state index is 0.0210. The average molecular weight is 255 g/mol. The number of hydrogen-bond acceptors (Lipinski definition) is 4. The zero-order chi connectivity index (χ0) is 13.0. The molecule has 0 spiro atoms. The third kappa shape index (κ3) is 3.96. The lowest BCUT2D eigenvalue weighted by molar-refractivity contribution is -0.134. The number of morpholine rings is 1. The summed E-state index contributed by atoms with van der Waals surface area (Å²) in [5.74, 6) is 0.0108. The second kappa shape index (κ2) is 6.15. The maximum Gasteiger partial charge on any atom is 0.237 e. The van der Waals surface area contributed by atoms with Crippen molar-refractivity contribution < 1.29 is 14.3 Å². The minimum Gasteiger partial charge on any atom is -0.378 e. The zero-order valence-corrected chi connectivity index (χ0v) is 10.8. The number of carbonyl (C=O) groups excluding carboxylic acids is 2. The first-order valence-corrected chi connectivity index (χ1v) is 6.56. The van der Waals surface area contributed by atoms with Crippen molar-refractivity contribution in [2.75, 3.05) is 32.8 Å². The summed E-state index contributed by atoms with van der Waals surface area (Å²) < 4.78 is 5.19. The van der Waals surface area contributed by atoms with Crippen LogP contribution in [0.15, 0.2) is 0 Å². The van der Waals surface area contributed by atoms with E-state index in [1.165, 1.54) is 0 Å². The van der Waals surface area contributed by atoms with E-state index in [1.54, 1.807) is 11.8 Å². The van der Waals surface area contributed by atoms with Gasteiger partial charge in [-0.1, -0.05) is 0 Å². The summed E-state index contributed by atoms with van der Waals surface area (Å²) in [4.78, 5) is 25.3. The first kappa shape index (κ1) is 13.3. The van der Waals surface area contributed by atoms with Gasteiger partial charge < -0.3 is 15.0 Å². The van der Waals surface area contributed by atoms with Gasteiger partial charge in [-0.25, -0.2) is 0 Å². The van der Waals surface area contributed by atoms with Crippen LogP contribution in [-0.4, -0.2) is 61.6 Å². The van der Waals surface area contributed by atoms with E-state index in [1.807, 2.05) is 0 Å². The van der Waals surface area contributed by atoms with Crippen molar-refractivity contribution in [2.24, 2.45) is 0 Å². The molecule has 6 heteroatoms. The molecular weight excluding hydrogens is 234 g/mol. The summed E-state index contributed by atoms with van der Waals surface area (Å²) in [5, 5.41) is 5.88. The third-order valence-corrected chi connectivity index (χ3v) is 3.24. The number of amides is 2. The van der Waals surface area contributed by atoms with Crippen LogP contribution in [0.2, 0.25) is 0 Å². The molecule has 0 aromatic heterocycles. The molecule has 1 atom stereocenters. The lowest BCUT2D eigenvalue weighted by atomic mass is 10.3. The van der Waals surface area contributed by atoms with Crippen molar-refractivity contribution in [1.29, 1.82) is 0 Å². The van der Waals surface area contributed by atoms with Gasteiger partial charge in [0, 0.05) is 19.1 Å². The van der Waals surface area contributed by atoms with Gasteiger partial charge in [0.2, 0.25) is 11.8 Å². The monoisotopic (exact) mass is 255 g/mol. The smallest absolute Gasteiger partial charge is 0.237 e. The van der Waals surface area contributed by atoms with E-state index in [0.29, 0.717) is 32.3 Å². The number of nitrogens with zero attached hydrogens (tertiary/aromatic N) is 1. The van der Waals surface area contributed by atoms with Crippen LogP contribution in [-0.2, 0) is 14.3 Å². The summed E-state index contributed by atoms with van der Waals surface area (Å²) in [6, 6.07) is 0.0345. The Bertz CT molecular complexity index is 312. The Morgan fingerprint density at radius 2 is 2.00 bits per heavy atom. The first-order chi connectivity index (χ1) is 8.66. The van der Waals surface area contributed by atoms with Gasteiger partial charge >= 0.3 is 0 Å². The van der Waals surface area contributed by atoms with Crippen molar-refractivity contribution in [3.8, 4) is 0 Å². The van der Waals surface area contributed by atoms with Crippen LogP contribution in [0.25, 0.3) is 0 Å². The van der Waals surface area contributed by atoms with Crippen LogP contribution < -0.4 is 10.6 Å². The maximum atomic E-state index is 11.8. The summed E-state index contributed by atoms with van der Waals surface area (Å²) in [5.41, 5.74) is 0. The molecule has 2 aliphatic rings. The number of nitrogens with one attached hydrogen (secondary N) is 2. The molecule has 1 aliphatic heterocycles. The molecule has 2 fully saturated rings. The highest BCUT2D eigenvalue weighted by molar-refractivity contribution is 5.83. The number of hydrogen-bond donors (Lipinski definition) is 2. The molecule has 1 unspecified atom stereocenters. The molecule has 1 aliphatic carbocycles. The predicted octanol–water partition coefficient (Wildman–Crippen LogP) is -0.898. The lowest BCUT2D eigenvalue weighted by Crippen LogP contribution is -2.49. The van der Waals surface area contributed by atoms with Crippen molar-refractivity contribution in [2.45, 2.75) is 31.8 Å². The van der Waals surface area contributed by atoms with E-state index >= 15 is 0 Å². The van der Waals surface area contributed by atoms with E-state index < -0.39 is 0 Å². The summed E-state index contributed by atoms with van der Waals surface area (Å²) >= 11 is 0. The van der Waals surface area contributed by atoms with Gasteiger partial charge in [-0.15, -0.1) is 0 Å². The number of ether oxygens (including phenoxy) is 1. The van der Waals surface area contributed by atoms with Gasteiger partial charge in [-0.2, -0.15) is 0 Å². The molecule has 0 aromatic carbocycles. The minimum atomic E-state index is -0.324. The molecule has 1 saturated carbocycles. The molecule has 102 valence electrons. The average Bonchev–Trinajstić information content (AvgIpc) is 3.20. The highest BCUT2D eigenvalue weighted by Gasteiger charge is 2.26.